The van der Waals surface area contributed by atoms with Crippen molar-refractivity contribution in [1.82, 2.24) is 5.32 Å². The average molecular weight is 484 g/mol. The molecule has 1 rings (SSSR count). The van der Waals surface area contributed by atoms with Gasteiger partial charge in [-0.3, -0.25) is 4.79 Å². The third kappa shape index (κ3) is 12.5. The summed E-state index contributed by atoms with van der Waals surface area (Å²) in [5.41, 5.74) is 5.76. The fourth-order valence-corrected chi connectivity index (χ4v) is 2.43. The summed E-state index contributed by atoms with van der Waals surface area (Å²) in [6.45, 7) is 23.4. The lowest BCUT2D eigenvalue weighted by molar-refractivity contribution is 0.0965. The summed E-state index contributed by atoms with van der Waals surface area (Å²) in [4.78, 5) is 12.4. The van der Waals surface area contributed by atoms with E-state index in [1.807, 2.05) is 65.8 Å². The van der Waals surface area contributed by atoms with Gasteiger partial charge in [0.1, 0.15) is 0 Å². The van der Waals surface area contributed by atoms with Crippen LogP contribution in [0.4, 0.5) is 0 Å². The Bertz CT molecular complexity index is 938. The van der Waals surface area contributed by atoms with Crippen molar-refractivity contribution in [3.05, 3.63) is 89.2 Å². The number of benzene rings is 1. The zero-order valence-electron chi connectivity index (χ0n) is 23.6. The van der Waals surface area contributed by atoms with E-state index in [1.54, 1.807) is 12.1 Å². The lowest BCUT2D eigenvalue weighted by atomic mass is 10.1. The first-order valence-corrected chi connectivity index (χ1v) is 11.6. The second-order valence-corrected chi connectivity index (χ2v) is 7.40. The van der Waals surface area contributed by atoms with Crippen LogP contribution in [0, 0.1) is 0 Å². The Hall–Kier alpha value is -3.47. The molecule has 1 aromatic rings. The minimum atomic E-state index is -0.260. The van der Waals surface area contributed by atoms with Gasteiger partial charge in [-0.25, -0.2) is 0 Å². The van der Waals surface area contributed by atoms with Crippen LogP contribution in [-0.4, -0.2) is 27.2 Å². The second kappa shape index (κ2) is 18.9. The van der Waals surface area contributed by atoms with Crippen molar-refractivity contribution in [3.63, 3.8) is 0 Å². The van der Waals surface area contributed by atoms with E-state index < -0.39 is 0 Å². The number of ether oxygens (including phenoxy) is 3. The standard InChI is InChI=1S/C19H25NO4.C9H14.C2H6/c1-12(2)13(3)8-9-14(4)20-19(21)15-10-16(22-5)18(24-7)17(11-15)23-6;1-5-7-9(4)8(3)6-2;1-2/h8-11H,1H2,2-7H3,(H,20,21);5-7H,1H2,2-4H3;1-2H3/b13-8+,14-9+;8-6-,9-7-;. The minimum Gasteiger partial charge on any atom is -0.493 e. The Kier molecular flexibility index (Phi) is 18.2. The second-order valence-electron chi connectivity index (χ2n) is 7.40. The Labute approximate surface area is 213 Å². The van der Waals surface area contributed by atoms with Crippen LogP contribution in [0.2, 0.25) is 0 Å². The summed E-state index contributed by atoms with van der Waals surface area (Å²) in [7, 11) is 4.54. The number of carbonyl (C=O) groups is 1. The molecule has 0 heterocycles. The molecule has 0 aromatic heterocycles. The molecule has 1 N–H and O–H groups in total. The average Bonchev–Trinajstić information content (AvgIpc) is 2.87. The van der Waals surface area contributed by atoms with Crippen LogP contribution < -0.4 is 19.5 Å². The van der Waals surface area contributed by atoms with Gasteiger partial charge in [0.25, 0.3) is 5.91 Å². The Morgan fingerprint density at radius 1 is 0.829 bits per heavy atom. The van der Waals surface area contributed by atoms with Crippen LogP contribution in [0.5, 0.6) is 17.2 Å². The van der Waals surface area contributed by atoms with E-state index in [9.17, 15) is 4.79 Å². The van der Waals surface area contributed by atoms with Crippen molar-refractivity contribution >= 4 is 5.91 Å². The zero-order valence-corrected chi connectivity index (χ0v) is 23.6. The monoisotopic (exact) mass is 483 g/mol. The van der Waals surface area contributed by atoms with E-state index in [0.29, 0.717) is 28.5 Å². The number of hydrogen-bond acceptors (Lipinski definition) is 4. The molecule has 0 radical (unpaired) electrons. The minimum absolute atomic E-state index is 0.260. The first-order chi connectivity index (χ1) is 16.6. The van der Waals surface area contributed by atoms with Crippen LogP contribution in [0.3, 0.4) is 0 Å². The number of amides is 1. The van der Waals surface area contributed by atoms with Gasteiger partial charge >= 0.3 is 0 Å². The van der Waals surface area contributed by atoms with Crippen molar-refractivity contribution in [2.45, 2.75) is 55.4 Å². The molecule has 5 heteroatoms. The van der Waals surface area contributed by atoms with E-state index in [-0.39, 0.29) is 5.91 Å². The van der Waals surface area contributed by atoms with Gasteiger partial charge in [0.2, 0.25) is 5.75 Å². The normalized spacial score (nSPS) is 11.7. The highest BCUT2D eigenvalue weighted by atomic mass is 16.5. The molecule has 1 amide bonds. The molecule has 0 fully saturated rings. The predicted octanol–water partition coefficient (Wildman–Crippen LogP) is 7.98. The molecule has 0 unspecified atom stereocenters. The SMILES string of the molecule is C=C(C)/C(C)=C/C=C(\C)NC(=O)c1cc(OC)c(OC)c(OC)c1.C=C/C=C(C)\C(C)=C/C.CC. The Morgan fingerprint density at radius 2 is 1.34 bits per heavy atom. The summed E-state index contributed by atoms with van der Waals surface area (Å²) in [6, 6.07) is 3.22. The fourth-order valence-electron chi connectivity index (χ4n) is 2.43. The zero-order chi connectivity index (χ0) is 27.6. The van der Waals surface area contributed by atoms with Gasteiger partial charge in [-0.15, -0.1) is 0 Å². The molecule has 194 valence electrons. The molecule has 0 atom stereocenters. The maximum absolute atomic E-state index is 12.4. The van der Waals surface area contributed by atoms with Gasteiger partial charge in [-0.2, -0.15) is 0 Å². The highest BCUT2D eigenvalue weighted by molar-refractivity contribution is 5.96. The highest BCUT2D eigenvalue weighted by Crippen LogP contribution is 2.38. The van der Waals surface area contributed by atoms with E-state index in [2.05, 4.69) is 38.4 Å². The van der Waals surface area contributed by atoms with Crippen LogP contribution in [-0.2, 0) is 0 Å². The largest absolute Gasteiger partial charge is 0.493 e. The van der Waals surface area contributed by atoms with E-state index in [4.69, 9.17) is 14.2 Å². The molecular formula is C30H45NO4. The van der Waals surface area contributed by atoms with Gasteiger partial charge in [-0.1, -0.05) is 62.5 Å². The Morgan fingerprint density at radius 3 is 1.71 bits per heavy atom. The van der Waals surface area contributed by atoms with Crippen LogP contribution >= 0.6 is 0 Å². The first kappa shape index (κ1) is 33.7. The molecule has 0 aliphatic heterocycles. The summed E-state index contributed by atoms with van der Waals surface area (Å²) in [5.74, 6) is 1.05. The number of allylic oxidation sites excluding steroid dienone is 10. The van der Waals surface area contributed by atoms with E-state index in [1.165, 1.54) is 32.5 Å². The maximum atomic E-state index is 12.4. The fraction of sp³-hybridized carbons (Fsp3) is 0.367. The highest BCUT2D eigenvalue weighted by Gasteiger charge is 2.16. The van der Waals surface area contributed by atoms with Crippen molar-refractivity contribution in [3.8, 4) is 17.2 Å². The predicted molar refractivity (Wildman–Crippen MR) is 151 cm³/mol. The number of carbonyl (C=O) groups excluding carboxylic acids is 1. The molecule has 0 bridgehead atoms. The van der Waals surface area contributed by atoms with E-state index in [0.717, 1.165) is 11.1 Å². The number of rotatable bonds is 9. The van der Waals surface area contributed by atoms with Crippen molar-refractivity contribution < 1.29 is 19.0 Å². The molecule has 0 spiro atoms. The molecule has 5 nitrogen and oxygen atoms in total. The van der Waals surface area contributed by atoms with Gasteiger partial charge in [-0.05, 0) is 70.9 Å². The molecule has 0 aliphatic carbocycles. The van der Waals surface area contributed by atoms with Crippen molar-refractivity contribution in [2.24, 2.45) is 0 Å². The summed E-state index contributed by atoms with van der Waals surface area (Å²) >= 11 is 0. The number of hydrogen-bond donors (Lipinski definition) is 1. The molecular weight excluding hydrogens is 438 g/mol. The van der Waals surface area contributed by atoms with Crippen molar-refractivity contribution in [1.29, 1.82) is 0 Å². The smallest absolute Gasteiger partial charge is 0.255 e. The summed E-state index contributed by atoms with van der Waals surface area (Å²) < 4.78 is 15.8. The van der Waals surface area contributed by atoms with Crippen molar-refractivity contribution in [2.75, 3.05) is 21.3 Å². The molecule has 0 saturated carbocycles. The van der Waals surface area contributed by atoms with Crippen LogP contribution in [0.1, 0.15) is 65.7 Å². The van der Waals surface area contributed by atoms with Gasteiger partial charge in [0, 0.05) is 11.3 Å². The van der Waals surface area contributed by atoms with Gasteiger partial charge in [0.05, 0.1) is 21.3 Å². The topological polar surface area (TPSA) is 56.8 Å². The lowest BCUT2D eigenvalue weighted by Crippen LogP contribution is -2.21. The third-order valence-electron chi connectivity index (χ3n) is 4.92. The first-order valence-electron chi connectivity index (χ1n) is 11.6. The Balaban J connectivity index is 0. The molecule has 35 heavy (non-hydrogen) atoms. The number of nitrogens with one attached hydrogen (secondary N) is 1. The van der Waals surface area contributed by atoms with E-state index >= 15 is 0 Å². The van der Waals surface area contributed by atoms with Crippen LogP contribution in [0.15, 0.2) is 83.7 Å². The third-order valence-corrected chi connectivity index (χ3v) is 4.92. The molecule has 1 aromatic carbocycles. The van der Waals surface area contributed by atoms with Gasteiger partial charge < -0.3 is 19.5 Å². The molecule has 0 saturated heterocycles. The van der Waals surface area contributed by atoms with Gasteiger partial charge in [0.15, 0.2) is 11.5 Å². The van der Waals surface area contributed by atoms with Crippen LogP contribution in [0.25, 0.3) is 0 Å². The lowest BCUT2D eigenvalue weighted by Gasteiger charge is -2.14. The summed E-state index contributed by atoms with van der Waals surface area (Å²) in [5, 5.41) is 2.83. The molecule has 0 aliphatic rings. The number of methoxy groups -OCH3 is 3. The summed E-state index contributed by atoms with van der Waals surface area (Å²) in [6.07, 6.45) is 9.65. The maximum Gasteiger partial charge on any atom is 0.255 e. The quantitative estimate of drug-likeness (QED) is 0.362.